The monoisotopic (exact) mass is 601 g/mol. The first-order valence-corrected chi connectivity index (χ1v) is 14.0. The van der Waals surface area contributed by atoms with Crippen molar-refractivity contribution in [3.63, 3.8) is 0 Å². The van der Waals surface area contributed by atoms with Crippen molar-refractivity contribution in [3.8, 4) is 17.1 Å². The molecule has 9 nitrogen and oxygen atoms in total. The summed E-state index contributed by atoms with van der Waals surface area (Å²) in [6, 6.07) is 14.5. The number of hydrogen-bond acceptors (Lipinski definition) is 7. The topological polar surface area (TPSA) is 119 Å². The molecule has 2 amide bonds. The van der Waals surface area contributed by atoms with E-state index in [0.29, 0.717) is 51.3 Å². The van der Waals surface area contributed by atoms with E-state index in [0.717, 1.165) is 0 Å². The largest absolute Gasteiger partial charge is 0.492 e. The molecule has 0 radical (unpaired) electrons. The molecule has 1 aromatic heterocycles. The first-order valence-electron chi connectivity index (χ1n) is 13.2. The quantitative estimate of drug-likeness (QED) is 0.0972. The van der Waals surface area contributed by atoms with Gasteiger partial charge in [0.25, 0.3) is 5.91 Å². The lowest BCUT2D eigenvalue weighted by Gasteiger charge is -2.19. The van der Waals surface area contributed by atoms with Gasteiger partial charge >= 0.3 is 5.97 Å². The van der Waals surface area contributed by atoms with Gasteiger partial charge in [0.05, 0.1) is 30.0 Å². The number of ether oxygens (including phenoxy) is 2. The van der Waals surface area contributed by atoms with Crippen LogP contribution < -0.4 is 15.5 Å². The average Bonchev–Trinajstić information content (AvgIpc) is 3.40. The molecule has 0 aliphatic heterocycles. The molecule has 0 unspecified atom stereocenters. The molecule has 3 rings (SSSR count). The fourth-order valence-electron chi connectivity index (χ4n) is 3.81. The molecule has 2 aromatic carbocycles. The lowest BCUT2D eigenvalue weighted by atomic mass is 10.0. The Labute approximate surface area is 249 Å². The number of halogens is 2. The third kappa shape index (κ3) is 10.3. The Hall–Kier alpha value is -3.82. The second-order valence-electron chi connectivity index (χ2n) is 9.51. The summed E-state index contributed by atoms with van der Waals surface area (Å²) >= 11 is 12.0. The highest BCUT2D eigenvalue weighted by Gasteiger charge is 2.21. The fourth-order valence-corrected chi connectivity index (χ4v) is 4.27. The van der Waals surface area contributed by atoms with E-state index in [4.69, 9.17) is 37.1 Å². The van der Waals surface area contributed by atoms with Crippen LogP contribution in [0.25, 0.3) is 11.3 Å². The summed E-state index contributed by atoms with van der Waals surface area (Å²) in [6.07, 6.45) is 2.40. The number of carbonyl (C=O) groups excluding carboxylic acids is 3. The van der Waals surface area contributed by atoms with Gasteiger partial charge in [0.15, 0.2) is 0 Å². The maximum absolute atomic E-state index is 12.8. The van der Waals surface area contributed by atoms with Gasteiger partial charge in [-0.25, -0.2) is 10.2 Å². The lowest BCUT2D eigenvalue weighted by molar-refractivity contribution is -0.129. The number of hydrazone groups is 1. The molecule has 41 heavy (non-hydrogen) atoms. The second kappa shape index (κ2) is 15.8. The summed E-state index contributed by atoms with van der Waals surface area (Å²) in [4.78, 5) is 37.3. The summed E-state index contributed by atoms with van der Waals surface area (Å²) in [5.74, 6) is 0.430. The molecular formula is C30H33Cl2N3O6. The van der Waals surface area contributed by atoms with E-state index in [-0.39, 0.29) is 31.5 Å². The van der Waals surface area contributed by atoms with Crippen LogP contribution in [0.3, 0.4) is 0 Å². The first-order chi connectivity index (χ1) is 19.7. The van der Waals surface area contributed by atoms with Crippen LogP contribution in [0.4, 0.5) is 0 Å². The van der Waals surface area contributed by atoms with Crippen LogP contribution in [0.5, 0.6) is 5.75 Å². The Morgan fingerprint density at radius 3 is 2.61 bits per heavy atom. The van der Waals surface area contributed by atoms with Gasteiger partial charge in [-0.2, -0.15) is 5.10 Å². The molecule has 218 valence electrons. The van der Waals surface area contributed by atoms with Gasteiger partial charge in [0, 0.05) is 17.0 Å². The van der Waals surface area contributed by atoms with Crippen molar-refractivity contribution in [1.82, 2.24) is 10.7 Å². The number of rotatable bonds is 14. The lowest BCUT2D eigenvalue weighted by Crippen LogP contribution is -2.46. The van der Waals surface area contributed by atoms with Crippen molar-refractivity contribution < 1.29 is 28.3 Å². The highest BCUT2D eigenvalue weighted by Crippen LogP contribution is 2.27. The van der Waals surface area contributed by atoms with E-state index in [1.807, 2.05) is 19.9 Å². The van der Waals surface area contributed by atoms with Gasteiger partial charge in [-0.05, 0) is 68.1 Å². The van der Waals surface area contributed by atoms with E-state index in [1.165, 1.54) is 6.21 Å². The average molecular weight is 603 g/mol. The molecule has 1 atom stereocenters. The third-order valence-electron chi connectivity index (χ3n) is 5.71. The second-order valence-corrected chi connectivity index (χ2v) is 10.4. The number of carbonyl (C=O) groups is 3. The zero-order valence-electron chi connectivity index (χ0n) is 23.1. The minimum atomic E-state index is -0.760. The normalized spacial score (nSPS) is 11.9. The number of hydrogen-bond donors (Lipinski definition) is 2. The number of nitrogens with zero attached hydrogens (tertiary/aromatic N) is 1. The molecule has 0 fully saturated rings. The Balaban J connectivity index is 1.51. The standard InChI is InChI=1S/C30H33Cl2N3O6/c1-4-39-30(38)21-8-5-7-20(16-21)26-13-11-23(41-26)18-33-35-29(37)25(15-19(2)3)34-28(36)9-6-14-40-27-12-10-22(31)17-24(27)32/h5,7-8,10-13,16-19,25H,4,6,9,14-15H2,1-3H3,(H,34,36)(H,35,37)/b33-18-/t25-/m1/s1. The van der Waals surface area contributed by atoms with Crippen LogP contribution in [0, 0.1) is 5.92 Å². The van der Waals surface area contributed by atoms with Crippen LogP contribution in [0.1, 0.15) is 56.2 Å². The van der Waals surface area contributed by atoms with Gasteiger partial charge in [0.1, 0.15) is 23.3 Å². The summed E-state index contributed by atoms with van der Waals surface area (Å²) < 4.78 is 16.4. The molecule has 11 heteroatoms. The van der Waals surface area contributed by atoms with Crippen LogP contribution >= 0.6 is 23.2 Å². The smallest absolute Gasteiger partial charge is 0.338 e. The molecule has 3 aromatic rings. The Morgan fingerprint density at radius 2 is 1.88 bits per heavy atom. The van der Waals surface area contributed by atoms with Crippen molar-refractivity contribution in [3.05, 3.63) is 76.0 Å². The Kier molecular flexibility index (Phi) is 12.2. The minimum Gasteiger partial charge on any atom is -0.492 e. The number of furan rings is 1. The number of esters is 1. The summed E-state index contributed by atoms with van der Waals surface area (Å²) in [6.45, 7) is 6.23. The predicted molar refractivity (Wildman–Crippen MR) is 158 cm³/mol. The number of nitrogens with one attached hydrogen (secondary N) is 2. The Morgan fingerprint density at radius 1 is 1.07 bits per heavy atom. The molecule has 2 N–H and O–H groups in total. The first kappa shape index (κ1) is 31.7. The molecule has 0 aliphatic rings. The van der Waals surface area contributed by atoms with Crippen molar-refractivity contribution in [1.29, 1.82) is 0 Å². The fraction of sp³-hybridized carbons (Fsp3) is 0.333. The van der Waals surface area contributed by atoms with Crippen molar-refractivity contribution in [2.75, 3.05) is 13.2 Å². The van der Waals surface area contributed by atoms with Gasteiger partial charge in [0.2, 0.25) is 5.91 Å². The molecule has 0 bridgehead atoms. The Bertz CT molecular complexity index is 1370. The maximum Gasteiger partial charge on any atom is 0.338 e. The van der Waals surface area contributed by atoms with Crippen molar-refractivity contribution in [2.45, 2.75) is 46.1 Å². The minimum absolute atomic E-state index is 0.156. The molecule has 0 saturated carbocycles. The van der Waals surface area contributed by atoms with Crippen LogP contribution in [-0.2, 0) is 14.3 Å². The maximum atomic E-state index is 12.8. The van der Waals surface area contributed by atoms with Crippen molar-refractivity contribution in [2.24, 2.45) is 11.0 Å². The van der Waals surface area contributed by atoms with Gasteiger partial charge in [-0.15, -0.1) is 0 Å². The highest BCUT2D eigenvalue weighted by molar-refractivity contribution is 6.35. The molecule has 0 saturated heterocycles. The van der Waals surface area contributed by atoms with Crippen LogP contribution in [-0.4, -0.2) is 43.3 Å². The highest BCUT2D eigenvalue weighted by atomic mass is 35.5. The molecule has 0 aliphatic carbocycles. The van der Waals surface area contributed by atoms with E-state index >= 15 is 0 Å². The van der Waals surface area contributed by atoms with Crippen molar-refractivity contribution >= 4 is 47.2 Å². The van der Waals surface area contributed by atoms with Gasteiger partial charge in [-0.1, -0.05) is 49.2 Å². The van der Waals surface area contributed by atoms with E-state index in [9.17, 15) is 14.4 Å². The number of benzene rings is 2. The summed E-state index contributed by atoms with van der Waals surface area (Å²) in [5.41, 5.74) is 3.58. The van der Waals surface area contributed by atoms with Gasteiger partial charge < -0.3 is 19.2 Å². The molecule has 1 heterocycles. The van der Waals surface area contributed by atoms with Gasteiger partial charge in [-0.3, -0.25) is 9.59 Å². The zero-order valence-corrected chi connectivity index (χ0v) is 24.6. The van der Waals surface area contributed by atoms with Crippen LogP contribution in [0.2, 0.25) is 10.0 Å². The van der Waals surface area contributed by atoms with E-state index in [2.05, 4.69) is 15.8 Å². The third-order valence-corrected chi connectivity index (χ3v) is 6.24. The van der Waals surface area contributed by atoms with E-state index < -0.39 is 17.9 Å². The predicted octanol–water partition coefficient (Wildman–Crippen LogP) is 6.27. The summed E-state index contributed by atoms with van der Waals surface area (Å²) in [5, 5.41) is 7.67. The van der Waals surface area contributed by atoms with Crippen LogP contribution in [0.15, 0.2) is 64.1 Å². The van der Waals surface area contributed by atoms with E-state index in [1.54, 1.807) is 55.5 Å². The zero-order chi connectivity index (χ0) is 29.8. The molecule has 0 spiro atoms. The summed E-state index contributed by atoms with van der Waals surface area (Å²) in [7, 11) is 0. The SMILES string of the molecule is CCOC(=O)c1cccc(-c2ccc(/C=N\NC(=O)[C@@H](CC(C)C)NC(=O)CCCOc3ccc(Cl)cc3Cl)o2)c1. The molecular weight excluding hydrogens is 569 g/mol. The number of amides is 2.